The Balaban J connectivity index is 1.45. The summed E-state index contributed by atoms with van der Waals surface area (Å²) < 4.78 is 11.0. The summed E-state index contributed by atoms with van der Waals surface area (Å²) in [5.74, 6) is 1.78. The molecule has 0 aromatic carbocycles. The number of hydrogen-bond donors (Lipinski definition) is 0. The number of oxazole rings is 1. The van der Waals surface area contributed by atoms with Crippen LogP contribution in [0.25, 0.3) is 0 Å². The van der Waals surface area contributed by atoms with Gasteiger partial charge in [0, 0.05) is 32.2 Å². The highest BCUT2D eigenvalue weighted by atomic mass is 16.5. The topological polar surface area (TPSA) is 55.6 Å². The van der Waals surface area contributed by atoms with Crippen molar-refractivity contribution in [2.75, 3.05) is 26.3 Å². The smallest absolute Gasteiger partial charge is 0.275 e. The molecule has 23 heavy (non-hydrogen) atoms. The number of amides is 1. The van der Waals surface area contributed by atoms with Gasteiger partial charge in [-0.2, -0.15) is 0 Å². The highest BCUT2D eigenvalue weighted by Crippen LogP contribution is 2.51. The molecular formula is C18H26N2O3. The number of carbonyl (C=O) groups is 1. The van der Waals surface area contributed by atoms with Crippen molar-refractivity contribution in [3.8, 4) is 0 Å². The maximum Gasteiger partial charge on any atom is 0.275 e. The zero-order valence-corrected chi connectivity index (χ0v) is 13.9. The van der Waals surface area contributed by atoms with Gasteiger partial charge in [0.15, 0.2) is 11.6 Å². The number of ether oxygens (including phenoxy) is 1. The molecule has 2 saturated heterocycles. The molecular weight excluding hydrogens is 292 g/mol. The monoisotopic (exact) mass is 318 g/mol. The van der Waals surface area contributed by atoms with Crippen LogP contribution in [0.2, 0.25) is 0 Å². The van der Waals surface area contributed by atoms with Gasteiger partial charge in [0.25, 0.3) is 5.91 Å². The minimum Gasteiger partial charge on any atom is -0.448 e. The highest BCUT2D eigenvalue weighted by Gasteiger charge is 2.46. The summed E-state index contributed by atoms with van der Waals surface area (Å²) in [6.45, 7) is 5.60. The standard InChI is InChI=1S/C18H26N2O3/c1-13-3-8-20(12-18(13)6-2-7-18)17(21)15-11-23-16(19-15)14-4-9-22-10-5-14/h11,13-14H,2-10,12H2,1H3. The quantitative estimate of drug-likeness (QED) is 0.840. The van der Waals surface area contributed by atoms with Gasteiger partial charge in [-0.1, -0.05) is 13.3 Å². The predicted octanol–water partition coefficient (Wildman–Crippen LogP) is 3.22. The van der Waals surface area contributed by atoms with E-state index in [-0.39, 0.29) is 5.91 Å². The third-order valence-corrected chi connectivity index (χ3v) is 6.33. The van der Waals surface area contributed by atoms with Crippen molar-refractivity contribution in [3.63, 3.8) is 0 Å². The maximum absolute atomic E-state index is 12.8. The van der Waals surface area contributed by atoms with Crippen LogP contribution in [-0.4, -0.2) is 42.1 Å². The molecule has 1 spiro atoms. The molecule has 3 heterocycles. The first-order chi connectivity index (χ1) is 11.2. The van der Waals surface area contributed by atoms with Crippen molar-refractivity contribution in [1.82, 2.24) is 9.88 Å². The van der Waals surface area contributed by atoms with Gasteiger partial charge in [0.2, 0.25) is 0 Å². The summed E-state index contributed by atoms with van der Waals surface area (Å²) in [6.07, 6.45) is 8.37. The first-order valence-electron chi connectivity index (χ1n) is 9.00. The van der Waals surface area contributed by atoms with Crippen molar-refractivity contribution in [2.24, 2.45) is 11.3 Å². The Morgan fingerprint density at radius 1 is 1.30 bits per heavy atom. The lowest BCUT2D eigenvalue weighted by molar-refractivity contribution is -0.0210. The molecule has 1 aromatic rings. The lowest BCUT2D eigenvalue weighted by Crippen LogP contribution is -2.53. The maximum atomic E-state index is 12.8. The molecule has 126 valence electrons. The molecule has 0 radical (unpaired) electrons. The molecule has 1 aliphatic carbocycles. The van der Waals surface area contributed by atoms with Crippen LogP contribution in [0, 0.1) is 11.3 Å². The Morgan fingerprint density at radius 2 is 2.09 bits per heavy atom. The number of rotatable bonds is 2. The number of carbonyl (C=O) groups excluding carboxylic acids is 1. The van der Waals surface area contributed by atoms with Gasteiger partial charge in [0.1, 0.15) is 6.26 Å². The molecule has 1 unspecified atom stereocenters. The normalized spacial score (nSPS) is 27.9. The molecule has 1 atom stereocenters. The Hall–Kier alpha value is -1.36. The Kier molecular flexibility index (Phi) is 3.92. The van der Waals surface area contributed by atoms with Crippen LogP contribution >= 0.6 is 0 Å². The molecule has 3 aliphatic rings. The van der Waals surface area contributed by atoms with Crippen LogP contribution in [-0.2, 0) is 4.74 Å². The second-order valence-corrected chi connectivity index (χ2v) is 7.59. The Bertz CT molecular complexity index is 573. The number of piperidine rings is 1. The first-order valence-corrected chi connectivity index (χ1v) is 9.00. The van der Waals surface area contributed by atoms with Gasteiger partial charge in [-0.05, 0) is 43.4 Å². The van der Waals surface area contributed by atoms with E-state index in [4.69, 9.17) is 9.15 Å². The van der Waals surface area contributed by atoms with E-state index in [9.17, 15) is 4.79 Å². The van der Waals surface area contributed by atoms with Crippen molar-refractivity contribution in [3.05, 3.63) is 17.8 Å². The first kappa shape index (κ1) is 15.2. The van der Waals surface area contributed by atoms with E-state index in [1.165, 1.54) is 19.3 Å². The largest absolute Gasteiger partial charge is 0.448 e. The summed E-state index contributed by atoms with van der Waals surface area (Å²) in [7, 11) is 0. The van der Waals surface area contributed by atoms with Crippen LogP contribution in [0.5, 0.6) is 0 Å². The van der Waals surface area contributed by atoms with E-state index < -0.39 is 0 Å². The van der Waals surface area contributed by atoms with Gasteiger partial charge in [-0.25, -0.2) is 4.98 Å². The minimum atomic E-state index is 0.0465. The van der Waals surface area contributed by atoms with Crippen molar-refractivity contribution in [2.45, 2.75) is 51.4 Å². The summed E-state index contributed by atoms with van der Waals surface area (Å²) in [5.41, 5.74) is 0.858. The van der Waals surface area contributed by atoms with Gasteiger partial charge >= 0.3 is 0 Å². The van der Waals surface area contributed by atoms with Gasteiger partial charge < -0.3 is 14.1 Å². The fourth-order valence-electron chi connectivity index (χ4n) is 4.41. The minimum absolute atomic E-state index is 0.0465. The van der Waals surface area contributed by atoms with Crippen LogP contribution in [0.3, 0.4) is 0 Å². The van der Waals surface area contributed by atoms with Crippen molar-refractivity contribution >= 4 is 5.91 Å². The number of aromatic nitrogens is 1. The molecule has 1 amide bonds. The fraction of sp³-hybridized carbons (Fsp3) is 0.778. The van der Waals surface area contributed by atoms with Gasteiger partial charge in [-0.15, -0.1) is 0 Å². The summed E-state index contributed by atoms with van der Waals surface area (Å²) in [6, 6.07) is 0. The van der Waals surface area contributed by atoms with E-state index in [2.05, 4.69) is 11.9 Å². The predicted molar refractivity (Wildman–Crippen MR) is 85.3 cm³/mol. The second kappa shape index (κ2) is 5.93. The third kappa shape index (κ3) is 2.69. The average Bonchev–Trinajstić information content (AvgIpc) is 3.04. The summed E-state index contributed by atoms with van der Waals surface area (Å²) in [5, 5.41) is 0. The van der Waals surface area contributed by atoms with Crippen LogP contribution < -0.4 is 0 Å². The van der Waals surface area contributed by atoms with E-state index in [0.29, 0.717) is 22.9 Å². The Labute approximate surface area is 137 Å². The van der Waals surface area contributed by atoms with E-state index in [1.807, 2.05) is 4.90 Å². The molecule has 2 aliphatic heterocycles. The molecule has 0 N–H and O–H groups in total. The van der Waals surface area contributed by atoms with Gasteiger partial charge in [0.05, 0.1) is 0 Å². The molecule has 5 nitrogen and oxygen atoms in total. The fourth-order valence-corrected chi connectivity index (χ4v) is 4.41. The summed E-state index contributed by atoms with van der Waals surface area (Å²) in [4.78, 5) is 19.3. The van der Waals surface area contributed by atoms with Crippen LogP contribution in [0.15, 0.2) is 10.7 Å². The summed E-state index contributed by atoms with van der Waals surface area (Å²) >= 11 is 0. The SMILES string of the molecule is CC1CCN(C(=O)c2coc(C3CCOCC3)n2)CC12CCC2. The Morgan fingerprint density at radius 3 is 2.78 bits per heavy atom. The number of nitrogens with zero attached hydrogens (tertiary/aromatic N) is 2. The molecule has 4 rings (SSSR count). The van der Waals surface area contributed by atoms with E-state index in [1.54, 1.807) is 6.26 Å². The lowest BCUT2D eigenvalue weighted by Gasteiger charge is -2.53. The van der Waals surface area contributed by atoms with Crippen LogP contribution in [0.1, 0.15) is 67.7 Å². The zero-order chi connectivity index (χ0) is 15.9. The molecule has 1 aromatic heterocycles. The second-order valence-electron chi connectivity index (χ2n) is 7.59. The molecule has 1 saturated carbocycles. The average molecular weight is 318 g/mol. The number of hydrogen-bond acceptors (Lipinski definition) is 4. The lowest BCUT2D eigenvalue weighted by atomic mass is 9.59. The van der Waals surface area contributed by atoms with E-state index >= 15 is 0 Å². The molecule has 5 heteroatoms. The molecule has 3 fully saturated rings. The van der Waals surface area contributed by atoms with Crippen molar-refractivity contribution < 1.29 is 13.9 Å². The highest BCUT2D eigenvalue weighted by molar-refractivity contribution is 5.92. The van der Waals surface area contributed by atoms with E-state index in [0.717, 1.165) is 51.5 Å². The van der Waals surface area contributed by atoms with Crippen LogP contribution in [0.4, 0.5) is 0 Å². The number of likely N-dealkylation sites (tertiary alicyclic amines) is 1. The zero-order valence-electron chi connectivity index (χ0n) is 13.9. The molecule has 0 bridgehead atoms. The van der Waals surface area contributed by atoms with Gasteiger partial charge in [-0.3, -0.25) is 4.79 Å². The third-order valence-electron chi connectivity index (χ3n) is 6.33. The van der Waals surface area contributed by atoms with Crippen molar-refractivity contribution in [1.29, 1.82) is 0 Å².